The molecule has 0 aliphatic heterocycles. The maximum absolute atomic E-state index is 12.8. The van der Waals surface area contributed by atoms with E-state index in [0.717, 1.165) is 14.9 Å². The monoisotopic (exact) mass is 490 g/mol. The van der Waals surface area contributed by atoms with E-state index in [0.29, 0.717) is 10.2 Å². The van der Waals surface area contributed by atoms with Gasteiger partial charge in [0.05, 0.1) is 11.8 Å². The summed E-state index contributed by atoms with van der Waals surface area (Å²) >= 11 is 4.75. The van der Waals surface area contributed by atoms with E-state index in [1.165, 1.54) is 22.2 Å². The molecule has 0 aliphatic rings. The third kappa shape index (κ3) is 4.58. The zero-order chi connectivity index (χ0) is 20.4. The van der Waals surface area contributed by atoms with Crippen LogP contribution in [0.25, 0.3) is 20.7 Å². The number of benzene rings is 2. The number of rotatable bonds is 6. The first kappa shape index (κ1) is 19.8. The lowest BCUT2D eigenvalue weighted by molar-refractivity contribution is 0.480. The summed E-state index contributed by atoms with van der Waals surface area (Å²) in [5.41, 5.74) is 1.32. The molecule has 6 nitrogen and oxygen atoms in total. The van der Waals surface area contributed by atoms with Gasteiger partial charge >= 0.3 is 10.1 Å². The van der Waals surface area contributed by atoms with Gasteiger partial charge in [0.1, 0.15) is 16.2 Å². The summed E-state index contributed by atoms with van der Waals surface area (Å²) in [6.07, 6.45) is 1.38. The second-order valence-corrected chi connectivity index (χ2v) is 9.89. The van der Waals surface area contributed by atoms with Crippen LogP contribution in [0.5, 0.6) is 5.75 Å². The SMILES string of the molecule is O=c1c2sc(-c3ccc(Br)cc3)cc2ncn1CCS(=O)(=O)Oc1ccccc1. The largest absolute Gasteiger partial charge is 0.382 e. The van der Waals surface area contributed by atoms with Gasteiger partial charge in [-0.05, 0) is 35.9 Å². The molecule has 0 bridgehead atoms. The summed E-state index contributed by atoms with van der Waals surface area (Å²) in [4.78, 5) is 18.0. The minimum Gasteiger partial charge on any atom is -0.382 e. The molecule has 148 valence electrons. The highest BCUT2D eigenvalue weighted by Gasteiger charge is 2.15. The molecule has 4 aromatic rings. The Morgan fingerprint density at radius 2 is 1.79 bits per heavy atom. The lowest BCUT2D eigenvalue weighted by Crippen LogP contribution is -2.25. The molecule has 0 aliphatic carbocycles. The number of fused-ring (bicyclic) bond motifs is 1. The molecule has 0 fully saturated rings. The van der Waals surface area contributed by atoms with Gasteiger partial charge in [-0.25, -0.2) is 4.98 Å². The summed E-state index contributed by atoms with van der Waals surface area (Å²) < 4.78 is 32.2. The van der Waals surface area contributed by atoms with Crippen LogP contribution in [0.4, 0.5) is 0 Å². The summed E-state index contributed by atoms with van der Waals surface area (Å²) in [5, 5.41) is 0. The van der Waals surface area contributed by atoms with Crippen molar-refractivity contribution < 1.29 is 12.6 Å². The quantitative estimate of drug-likeness (QED) is 0.376. The molecule has 0 amide bonds. The van der Waals surface area contributed by atoms with Crippen LogP contribution in [0.1, 0.15) is 0 Å². The molecule has 29 heavy (non-hydrogen) atoms. The van der Waals surface area contributed by atoms with Gasteiger partial charge in [0.15, 0.2) is 0 Å². The van der Waals surface area contributed by atoms with Crippen molar-refractivity contribution in [3.8, 4) is 16.2 Å². The smallest absolute Gasteiger partial charge is 0.310 e. The number of aromatic nitrogens is 2. The Labute approximate surface area is 179 Å². The first-order valence-electron chi connectivity index (χ1n) is 8.63. The van der Waals surface area contributed by atoms with Crippen LogP contribution in [-0.2, 0) is 16.7 Å². The van der Waals surface area contributed by atoms with Gasteiger partial charge in [0.25, 0.3) is 5.56 Å². The number of para-hydroxylation sites is 1. The highest BCUT2D eigenvalue weighted by Crippen LogP contribution is 2.31. The summed E-state index contributed by atoms with van der Waals surface area (Å²) in [6.45, 7) is -0.0392. The number of aryl methyl sites for hydroxylation is 1. The minimum absolute atomic E-state index is 0.0392. The van der Waals surface area contributed by atoms with Gasteiger partial charge in [-0.2, -0.15) is 8.42 Å². The summed E-state index contributed by atoms with van der Waals surface area (Å²) in [7, 11) is -3.83. The van der Waals surface area contributed by atoms with Gasteiger partial charge in [-0.1, -0.05) is 46.3 Å². The Balaban J connectivity index is 1.56. The maximum atomic E-state index is 12.8. The van der Waals surface area contributed by atoms with Crippen molar-refractivity contribution in [1.29, 1.82) is 0 Å². The van der Waals surface area contributed by atoms with Gasteiger partial charge in [-0.3, -0.25) is 9.36 Å². The van der Waals surface area contributed by atoms with Crippen molar-refractivity contribution >= 4 is 47.6 Å². The Bertz CT molecular complexity index is 1310. The molecular formula is C20H15BrN2O4S2. The number of nitrogens with zero attached hydrogens (tertiary/aromatic N) is 2. The molecule has 0 spiro atoms. The fraction of sp³-hybridized carbons (Fsp3) is 0.100. The minimum atomic E-state index is -3.83. The number of thiophene rings is 1. The van der Waals surface area contributed by atoms with Gasteiger partial charge in [0, 0.05) is 15.9 Å². The summed E-state index contributed by atoms with van der Waals surface area (Å²) in [6, 6.07) is 17.9. The van der Waals surface area contributed by atoms with Gasteiger partial charge < -0.3 is 4.18 Å². The molecule has 0 atom stereocenters. The van der Waals surface area contributed by atoms with Gasteiger partial charge in [0.2, 0.25) is 0 Å². The molecule has 0 unspecified atom stereocenters. The average Bonchev–Trinajstić information content (AvgIpc) is 3.14. The molecular weight excluding hydrogens is 476 g/mol. The Hall–Kier alpha value is -2.49. The fourth-order valence-electron chi connectivity index (χ4n) is 2.74. The van der Waals surface area contributed by atoms with Crippen molar-refractivity contribution in [1.82, 2.24) is 9.55 Å². The zero-order valence-electron chi connectivity index (χ0n) is 15.0. The third-order valence-electron chi connectivity index (χ3n) is 4.18. The lowest BCUT2D eigenvalue weighted by Gasteiger charge is -2.08. The average molecular weight is 491 g/mol. The predicted molar refractivity (Wildman–Crippen MR) is 118 cm³/mol. The van der Waals surface area contributed by atoms with Crippen molar-refractivity contribution in [3.63, 3.8) is 0 Å². The molecule has 0 saturated carbocycles. The molecule has 2 aromatic heterocycles. The highest BCUT2D eigenvalue weighted by molar-refractivity contribution is 9.10. The van der Waals surface area contributed by atoms with Crippen LogP contribution in [-0.4, -0.2) is 23.7 Å². The van der Waals surface area contributed by atoms with Crippen molar-refractivity contribution in [2.45, 2.75) is 6.54 Å². The first-order chi connectivity index (χ1) is 13.9. The molecule has 4 rings (SSSR count). The number of halogens is 1. The van der Waals surface area contributed by atoms with E-state index in [4.69, 9.17) is 4.18 Å². The second kappa shape index (κ2) is 8.10. The van der Waals surface area contributed by atoms with E-state index in [9.17, 15) is 13.2 Å². The van der Waals surface area contributed by atoms with Crippen LogP contribution in [0.3, 0.4) is 0 Å². The van der Waals surface area contributed by atoms with E-state index < -0.39 is 10.1 Å². The Morgan fingerprint density at radius 1 is 1.07 bits per heavy atom. The van der Waals surface area contributed by atoms with Crippen LogP contribution in [0.15, 0.2) is 76.3 Å². The van der Waals surface area contributed by atoms with E-state index in [2.05, 4.69) is 20.9 Å². The van der Waals surface area contributed by atoms with E-state index in [-0.39, 0.29) is 23.6 Å². The van der Waals surface area contributed by atoms with Gasteiger partial charge in [-0.15, -0.1) is 11.3 Å². The van der Waals surface area contributed by atoms with Crippen LogP contribution < -0.4 is 9.74 Å². The summed E-state index contributed by atoms with van der Waals surface area (Å²) in [5.74, 6) is -0.0919. The Kier molecular flexibility index (Phi) is 5.53. The molecule has 0 N–H and O–H groups in total. The van der Waals surface area contributed by atoms with Crippen molar-refractivity contribution in [3.05, 3.63) is 81.8 Å². The zero-order valence-corrected chi connectivity index (χ0v) is 18.2. The second-order valence-electron chi connectivity index (χ2n) is 6.23. The van der Waals surface area contributed by atoms with Crippen LogP contribution >= 0.6 is 27.3 Å². The number of hydrogen-bond acceptors (Lipinski definition) is 6. The molecule has 2 heterocycles. The van der Waals surface area contributed by atoms with Crippen LogP contribution in [0.2, 0.25) is 0 Å². The van der Waals surface area contributed by atoms with Crippen molar-refractivity contribution in [2.75, 3.05) is 5.75 Å². The van der Waals surface area contributed by atoms with Crippen LogP contribution in [0, 0.1) is 0 Å². The highest BCUT2D eigenvalue weighted by atomic mass is 79.9. The van der Waals surface area contributed by atoms with E-state index in [1.54, 1.807) is 30.3 Å². The van der Waals surface area contributed by atoms with Crippen molar-refractivity contribution in [2.24, 2.45) is 0 Å². The van der Waals surface area contributed by atoms with E-state index >= 15 is 0 Å². The third-order valence-corrected chi connectivity index (χ3v) is 7.00. The van der Waals surface area contributed by atoms with E-state index in [1.807, 2.05) is 30.3 Å². The lowest BCUT2D eigenvalue weighted by atomic mass is 10.2. The Morgan fingerprint density at radius 3 is 2.52 bits per heavy atom. The molecule has 2 aromatic carbocycles. The number of hydrogen-bond donors (Lipinski definition) is 0. The fourth-order valence-corrected chi connectivity index (χ4v) is 4.97. The maximum Gasteiger partial charge on any atom is 0.310 e. The molecule has 9 heteroatoms. The standard InChI is InChI=1S/C20H15BrN2O4S2/c21-15-8-6-14(7-9-15)18-12-17-19(28-18)20(24)23(13-22-17)10-11-29(25,26)27-16-4-2-1-3-5-16/h1-9,12-13H,10-11H2. The molecule has 0 saturated heterocycles. The normalized spacial score (nSPS) is 11.6. The predicted octanol–water partition coefficient (Wildman–Crippen LogP) is 4.30. The topological polar surface area (TPSA) is 78.3 Å². The molecule has 0 radical (unpaired) electrons. The first-order valence-corrected chi connectivity index (χ1v) is 11.8.